The van der Waals surface area contributed by atoms with Gasteiger partial charge in [-0.3, -0.25) is 0 Å². The van der Waals surface area contributed by atoms with Gasteiger partial charge in [0.2, 0.25) is 0 Å². The van der Waals surface area contributed by atoms with Crippen LogP contribution >= 0.6 is 0 Å². The molecule has 0 atom stereocenters. The van der Waals surface area contributed by atoms with Crippen LogP contribution < -0.4 is 0 Å². The molecule has 0 aromatic carbocycles. The highest BCUT2D eigenvalue weighted by Gasteiger charge is 2.37. The van der Waals surface area contributed by atoms with Crippen LogP contribution in [-0.4, -0.2) is 13.2 Å². The van der Waals surface area contributed by atoms with Crippen LogP contribution in [0.25, 0.3) is 0 Å². The highest BCUT2D eigenvalue weighted by Crippen LogP contribution is 2.47. The van der Waals surface area contributed by atoms with E-state index in [-0.39, 0.29) is 0 Å². The summed E-state index contributed by atoms with van der Waals surface area (Å²) < 4.78 is 5.46. The van der Waals surface area contributed by atoms with Gasteiger partial charge >= 0.3 is 0 Å². The topological polar surface area (TPSA) is 9.23 Å². The molecule has 0 N–H and O–H groups in total. The zero-order chi connectivity index (χ0) is 10.0. The Morgan fingerprint density at radius 1 is 1.00 bits per heavy atom. The van der Waals surface area contributed by atoms with Gasteiger partial charge in [-0.2, -0.15) is 0 Å². The maximum absolute atomic E-state index is 5.46. The maximum Gasteiger partial charge on any atom is 0.0468 e. The number of hydrogen-bond acceptors (Lipinski definition) is 1. The lowest BCUT2D eigenvalue weighted by atomic mass is 9.63. The van der Waals surface area contributed by atoms with E-state index in [0.29, 0.717) is 5.41 Å². The van der Waals surface area contributed by atoms with Crippen molar-refractivity contribution in [2.24, 2.45) is 17.3 Å². The zero-order valence-corrected chi connectivity index (χ0v) is 9.72. The van der Waals surface area contributed by atoms with Gasteiger partial charge in [0.25, 0.3) is 0 Å². The van der Waals surface area contributed by atoms with Gasteiger partial charge in [-0.25, -0.2) is 0 Å². The van der Waals surface area contributed by atoms with Crippen LogP contribution in [0, 0.1) is 17.3 Å². The number of rotatable bonds is 1. The van der Waals surface area contributed by atoms with Crippen LogP contribution in [0.4, 0.5) is 0 Å². The summed E-state index contributed by atoms with van der Waals surface area (Å²) in [4.78, 5) is 0. The van der Waals surface area contributed by atoms with Gasteiger partial charge in [-0.1, -0.05) is 26.7 Å². The minimum Gasteiger partial charge on any atom is -0.381 e. The smallest absolute Gasteiger partial charge is 0.0468 e. The molecule has 0 unspecified atom stereocenters. The van der Waals surface area contributed by atoms with Gasteiger partial charge < -0.3 is 4.74 Å². The Morgan fingerprint density at radius 3 is 2.14 bits per heavy atom. The third-order valence-corrected chi connectivity index (χ3v) is 4.62. The van der Waals surface area contributed by atoms with Crippen molar-refractivity contribution in [2.75, 3.05) is 13.2 Å². The molecule has 1 heterocycles. The van der Waals surface area contributed by atoms with E-state index in [4.69, 9.17) is 4.74 Å². The van der Waals surface area contributed by atoms with Gasteiger partial charge in [0.05, 0.1) is 0 Å². The van der Waals surface area contributed by atoms with Crippen molar-refractivity contribution in [3.8, 4) is 0 Å². The number of hydrogen-bond donors (Lipinski definition) is 0. The first kappa shape index (κ1) is 10.5. The summed E-state index contributed by atoms with van der Waals surface area (Å²) in [5.74, 6) is 1.92. The van der Waals surface area contributed by atoms with E-state index >= 15 is 0 Å². The molecule has 14 heavy (non-hydrogen) atoms. The van der Waals surface area contributed by atoms with Gasteiger partial charge in [-0.15, -0.1) is 0 Å². The van der Waals surface area contributed by atoms with Crippen LogP contribution in [0.1, 0.15) is 52.4 Å². The molecule has 0 amide bonds. The lowest BCUT2D eigenvalue weighted by Crippen LogP contribution is -2.35. The first-order valence-electron chi connectivity index (χ1n) is 6.28. The molecule has 0 radical (unpaired) electrons. The van der Waals surface area contributed by atoms with Crippen molar-refractivity contribution in [1.82, 2.24) is 0 Å². The van der Waals surface area contributed by atoms with Crippen LogP contribution in [0.15, 0.2) is 0 Å². The quantitative estimate of drug-likeness (QED) is 0.622. The highest BCUT2D eigenvalue weighted by atomic mass is 16.5. The third-order valence-electron chi connectivity index (χ3n) is 4.62. The van der Waals surface area contributed by atoms with E-state index in [0.717, 1.165) is 25.0 Å². The predicted molar refractivity (Wildman–Crippen MR) is 59.3 cm³/mol. The lowest BCUT2D eigenvalue weighted by Gasteiger charge is -2.44. The Morgan fingerprint density at radius 2 is 1.57 bits per heavy atom. The van der Waals surface area contributed by atoms with Crippen molar-refractivity contribution < 1.29 is 4.74 Å². The fourth-order valence-corrected chi connectivity index (χ4v) is 3.22. The summed E-state index contributed by atoms with van der Waals surface area (Å²) in [5, 5.41) is 0. The normalized spacial score (nSPS) is 41.1. The second-order valence-corrected chi connectivity index (χ2v) is 5.72. The van der Waals surface area contributed by atoms with Crippen molar-refractivity contribution in [3.05, 3.63) is 0 Å². The minimum atomic E-state index is 0.649. The molecule has 0 aromatic heterocycles. The molecule has 1 saturated heterocycles. The molecule has 1 aliphatic heterocycles. The Kier molecular flexibility index (Phi) is 3.16. The summed E-state index contributed by atoms with van der Waals surface area (Å²) in [7, 11) is 0. The van der Waals surface area contributed by atoms with E-state index in [1.165, 1.54) is 38.5 Å². The molecule has 2 fully saturated rings. The average molecular weight is 196 g/mol. The van der Waals surface area contributed by atoms with Gasteiger partial charge in [0, 0.05) is 13.2 Å². The predicted octanol–water partition coefficient (Wildman–Crippen LogP) is 3.63. The van der Waals surface area contributed by atoms with Gasteiger partial charge in [0.1, 0.15) is 0 Å². The third kappa shape index (κ3) is 2.13. The van der Waals surface area contributed by atoms with Crippen LogP contribution in [-0.2, 0) is 4.74 Å². The molecule has 0 aromatic rings. The Bertz CT molecular complexity index is 174. The molecule has 2 rings (SSSR count). The Hall–Kier alpha value is -0.0400. The summed E-state index contributed by atoms with van der Waals surface area (Å²) in [5.41, 5.74) is 0.649. The van der Waals surface area contributed by atoms with Crippen molar-refractivity contribution >= 4 is 0 Å². The number of ether oxygens (including phenoxy) is 1. The van der Waals surface area contributed by atoms with E-state index in [1.54, 1.807) is 0 Å². The highest BCUT2D eigenvalue weighted by molar-refractivity contribution is 4.87. The average Bonchev–Trinajstić information content (AvgIpc) is 2.24. The molecular formula is C13H24O. The molecule has 1 nitrogen and oxygen atoms in total. The second kappa shape index (κ2) is 4.22. The molecule has 2 aliphatic rings. The van der Waals surface area contributed by atoms with E-state index < -0.39 is 0 Å². The van der Waals surface area contributed by atoms with Crippen molar-refractivity contribution in [1.29, 1.82) is 0 Å². The van der Waals surface area contributed by atoms with E-state index in [2.05, 4.69) is 13.8 Å². The molecule has 82 valence electrons. The first-order valence-corrected chi connectivity index (χ1v) is 6.28. The second-order valence-electron chi connectivity index (χ2n) is 5.72. The monoisotopic (exact) mass is 196 g/mol. The molecule has 1 aliphatic carbocycles. The summed E-state index contributed by atoms with van der Waals surface area (Å²) in [6.45, 7) is 6.95. The largest absolute Gasteiger partial charge is 0.381 e. The Balaban J connectivity index is 1.93. The Labute approximate surface area is 88.2 Å². The van der Waals surface area contributed by atoms with E-state index in [9.17, 15) is 0 Å². The van der Waals surface area contributed by atoms with E-state index in [1.807, 2.05) is 0 Å². The van der Waals surface area contributed by atoms with Gasteiger partial charge in [-0.05, 0) is 42.9 Å². The molecule has 1 heteroatoms. The standard InChI is InChI=1S/C13H24O/c1-11-3-7-13(2,8-4-11)12-5-9-14-10-6-12/h11-12H,3-10H2,1-2H3. The lowest BCUT2D eigenvalue weighted by molar-refractivity contribution is -0.00483. The summed E-state index contributed by atoms with van der Waals surface area (Å²) in [6, 6.07) is 0. The van der Waals surface area contributed by atoms with Crippen LogP contribution in [0.2, 0.25) is 0 Å². The molecular weight excluding hydrogens is 172 g/mol. The fourth-order valence-electron chi connectivity index (χ4n) is 3.22. The zero-order valence-electron chi connectivity index (χ0n) is 9.72. The first-order chi connectivity index (χ1) is 6.71. The SMILES string of the molecule is CC1CCC(C)(C2CCOCC2)CC1. The molecule has 0 spiro atoms. The maximum atomic E-state index is 5.46. The van der Waals surface area contributed by atoms with Crippen LogP contribution in [0.5, 0.6) is 0 Å². The van der Waals surface area contributed by atoms with Crippen molar-refractivity contribution in [2.45, 2.75) is 52.4 Å². The minimum absolute atomic E-state index is 0.649. The summed E-state index contributed by atoms with van der Waals surface area (Å²) >= 11 is 0. The molecule has 0 bridgehead atoms. The summed E-state index contributed by atoms with van der Waals surface area (Å²) in [6.07, 6.45) is 8.44. The molecule has 1 saturated carbocycles. The fraction of sp³-hybridized carbons (Fsp3) is 1.00. The van der Waals surface area contributed by atoms with Crippen molar-refractivity contribution in [3.63, 3.8) is 0 Å². The van der Waals surface area contributed by atoms with Crippen LogP contribution in [0.3, 0.4) is 0 Å². The van der Waals surface area contributed by atoms with Gasteiger partial charge in [0.15, 0.2) is 0 Å².